The van der Waals surface area contributed by atoms with Gasteiger partial charge in [0.1, 0.15) is 11.1 Å². The van der Waals surface area contributed by atoms with Crippen molar-refractivity contribution in [2.24, 2.45) is 7.05 Å². The highest BCUT2D eigenvalue weighted by molar-refractivity contribution is 7.16. The molecule has 0 aliphatic heterocycles. The third-order valence-corrected chi connectivity index (χ3v) is 5.89. The molecule has 0 saturated carbocycles. The van der Waals surface area contributed by atoms with Crippen LogP contribution in [-0.4, -0.2) is 15.7 Å². The van der Waals surface area contributed by atoms with Crippen molar-refractivity contribution in [3.8, 4) is 6.07 Å². The number of thiophene rings is 1. The normalized spacial score (nSPS) is 13.2. The molecule has 4 rings (SSSR count). The third-order valence-electron chi connectivity index (χ3n) is 4.69. The molecule has 6 nitrogen and oxygen atoms in total. The Morgan fingerprint density at radius 3 is 2.88 bits per heavy atom. The number of aromatic nitrogens is 2. The van der Waals surface area contributed by atoms with Crippen LogP contribution in [0.2, 0.25) is 0 Å². The molecule has 0 bridgehead atoms. The fraction of sp³-hybridized carbons (Fsp3) is 0.263. The number of aryl methyl sites for hydroxylation is 2. The molecule has 1 amide bonds. The molecule has 0 radical (unpaired) electrons. The molecule has 0 fully saturated rings. The maximum Gasteiger partial charge on any atom is 0.280 e. The highest BCUT2D eigenvalue weighted by Crippen LogP contribution is 2.37. The molecule has 2 heterocycles. The number of anilines is 1. The van der Waals surface area contributed by atoms with E-state index in [-0.39, 0.29) is 5.69 Å². The Bertz CT molecular complexity index is 1140. The maximum absolute atomic E-state index is 12.7. The summed E-state index contributed by atoms with van der Waals surface area (Å²) < 4.78 is 1.52. The molecular weight excluding hydrogens is 348 g/mol. The molecule has 0 atom stereocenters. The summed E-state index contributed by atoms with van der Waals surface area (Å²) in [5, 5.41) is 17.4. The number of carbonyl (C=O) groups excluding carboxylic acids is 1. The van der Waals surface area contributed by atoms with Crippen molar-refractivity contribution in [3.63, 3.8) is 0 Å². The van der Waals surface area contributed by atoms with Crippen molar-refractivity contribution >= 4 is 33.1 Å². The van der Waals surface area contributed by atoms with Gasteiger partial charge in [-0.05, 0) is 43.4 Å². The van der Waals surface area contributed by atoms with Crippen LogP contribution in [0.15, 0.2) is 29.1 Å². The second kappa shape index (κ2) is 6.39. The van der Waals surface area contributed by atoms with Crippen LogP contribution < -0.4 is 10.7 Å². The topological polar surface area (TPSA) is 87.8 Å². The molecule has 2 aromatic heterocycles. The van der Waals surface area contributed by atoms with Gasteiger partial charge in [0.05, 0.1) is 11.1 Å². The first kappa shape index (κ1) is 16.5. The van der Waals surface area contributed by atoms with Crippen LogP contribution in [0.3, 0.4) is 0 Å². The van der Waals surface area contributed by atoms with Crippen LogP contribution in [0.1, 0.15) is 39.3 Å². The van der Waals surface area contributed by atoms with Gasteiger partial charge in [-0.2, -0.15) is 10.4 Å². The average molecular weight is 364 g/mol. The van der Waals surface area contributed by atoms with Gasteiger partial charge >= 0.3 is 0 Å². The summed E-state index contributed by atoms with van der Waals surface area (Å²) in [5.74, 6) is -0.577. The van der Waals surface area contributed by atoms with Crippen molar-refractivity contribution in [1.29, 1.82) is 5.26 Å². The summed E-state index contributed by atoms with van der Waals surface area (Å²) in [7, 11) is 1.70. The number of hydrogen-bond donors (Lipinski definition) is 1. The molecule has 0 spiro atoms. The summed E-state index contributed by atoms with van der Waals surface area (Å²) in [6.07, 6.45) is 3.94. The van der Waals surface area contributed by atoms with E-state index in [0.29, 0.717) is 21.5 Å². The molecule has 7 heteroatoms. The summed E-state index contributed by atoms with van der Waals surface area (Å²) in [5.41, 5.74) is 1.66. The smallest absolute Gasteiger partial charge is 0.280 e. The van der Waals surface area contributed by atoms with E-state index < -0.39 is 11.3 Å². The van der Waals surface area contributed by atoms with E-state index in [1.54, 1.807) is 25.2 Å². The lowest BCUT2D eigenvalue weighted by atomic mass is 9.96. The Morgan fingerprint density at radius 2 is 2.08 bits per heavy atom. The molecule has 0 saturated heterocycles. The van der Waals surface area contributed by atoms with Crippen LogP contribution in [0.25, 0.3) is 10.9 Å². The predicted octanol–water partition coefficient (Wildman–Crippen LogP) is 3.00. The predicted molar refractivity (Wildman–Crippen MR) is 101 cm³/mol. The molecule has 3 aromatic rings. The van der Waals surface area contributed by atoms with Crippen molar-refractivity contribution in [3.05, 3.63) is 56.2 Å². The first-order valence-corrected chi connectivity index (χ1v) is 9.24. The van der Waals surface area contributed by atoms with Gasteiger partial charge in [0.25, 0.3) is 5.91 Å². The Morgan fingerprint density at radius 1 is 1.31 bits per heavy atom. The average Bonchev–Trinajstić information content (AvgIpc) is 3.01. The summed E-state index contributed by atoms with van der Waals surface area (Å²) >= 11 is 1.43. The number of hydrogen-bond acceptors (Lipinski definition) is 5. The van der Waals surface area contributed by atoms with Gasteiger partial charge in [-0.25, -0.2) is 0 Å². The molecular formula is C19H16N4O2S. The summed E-state index contributed by atoms with van der Waals surface area (Å²) in [4.78, 5) is 26.5. The Balaban J connectivity index is 1.75. The van der Waals surface area contributed by atoms with Crippen LogP contribution in [0, 0.1) is 11.3 Å². The van der Waals surface area contributed by atoms with E-state index in [2.05, 4.69) is 16.5 Å². The number of rotatable bonds is 2. The van der Waals surface area contributed by atoms with E-state index >= 15 is 0 Å². The van der Waals surface area contributed by atoms with Gasteiger partial charge in [-0.3, -0.25) is 14.3 Å². The molecule has 1 N–H and O–H groups in total. The zero-order valence-electron chi connectivity index (χ0n) is 14.2. The standard InChI is InChI=1S/C19H16N4O2S/c1-23-14-8-4-2-7-12(14)17(24)16(22-23)18(25)21-19-13(10-20)11-6-3-5-9-15(11)26-19/h2,4,7-8H,3,5-6,9H2,1H3,(H,21,25). The zero-order valence-corrected chi connectivity index (χ0v) is 15.0. The second-order valence-electron chi connectivity index (χ2n) is 6.30. The van der Waals surface area contributed by atoms with Crippen molar-refractivity contribution in [2.75, 3.05) is 5.32 Å². The summed E-state index contributed by atoms with van der Waals surface area (Å²) in [6.45, 7) is 0. The van der Waals surface area contributed by atoms with E-state index in [9.17, 15) is 14.9 Å². The third kappa shape index (κ3) is 2.59. The van der Waals surface area contributed by atoms with Crippen molar-refractivity contribution < 1.29 is 4.79 Å². The van der Waals surface area contributed by atoms with Crippen LogP contribution >= 0.6 is 11.3 Å². The van der Waals surface area contributed by atoms with Gasteiger partial charge < -0.3 is 5.32 Å². The lowest BCUT2D eigenvalue weighted by Gasteiger charge is -2.09. The van der Waals surface area contributed by atoms with Gasteiger partial charge in [-0.1, -0.05) is 12.1 Å². The summed E-state index contributed by atoms with van der Waals surface area (Å²) in [6, 6.07) is 9.25. The van der Waals surface area contributed by atoms with Gasteiger partial charge in [0.15, 0.2) is 5.69 Å². The minimum absolute atomic E-state index is 0.165. The maximum atomic E-state index is 12.7. The molecule has 1 aliphatic rings. The Hall–Kier alpha value is -2.98. The number of nitrogens with zero attached hydrogens (tertiary/aromatic N) is 3. The van der Waals surface area contributed by atoms with E-state index in [1.165, 1.54) is 16.0 Å². The number of amides is 1. The minimum Gasteiger partial charge on any atom is -0.311 e. The molecule has 1 aromatic carbocycles. The minimum atomic E-state index is -0.577. The van der Waals surface area contributed by atoms with E-state index in [4.69, 9.17) is 0 Å². The van der Waals surface area contributed by atoms with Crippen molar-refractivity contribution in [2.45, 2.75) is 25.7 Å². The highest BCUT2D eigenvalue weighted by atomic mass is 32.1. The first-order chi connectivity index (χ1) is 12.6. The number of para-hydroxylation sites is 1. The SMILES string of the molecule is Cn1nc(C(=O)Nc2sc3c(c2C#N)CCCC3)c(=O)c2ccccc21. The lowest BCUT2D eigenvalue weighted by Crippen LogP contribution is -2.26. The monoisotopic (exact) mass is 364 g/mol. The van der Waals surface area contributed by atoms with Crippen molar-refractivity contribution in [1.82, 2.24) is 9.78 Å². The van der Waals surface area contributed by atoms with E-state index in [0.717, 1.165) is 36.1 Å². The van der Waals surface area contributed by atoms with Gasteiger partial charge in [0, 0.05) is 17.3 Å². The second-order valence-corrected chi connectivity index (χ2v) is 7.40. The Labute approximate surface area is 153 Å². The lowest BCUT2D eigenvalue weighted by molar-refractivity contribution is 0.102. The largest absolute Gasteiger partial charge is 0.311 e. The zero-order chi connectivity index (χ0) is 18.3. The molecule has 0 unspecified atom stereocenters. The highest BCUT2D eigenvalue weighted by Gasteiger charge is 2.24. The quantitative estimate of drug-likeness (QED) is 0.757. The molecule has 26 heavy (non-hydrogen) atoms. The first-order valence-electron chi connectivity index (χ1n) is 8.42. The van der Waals surface area contributed by atoms with E-state index in [1.807, 2.05) is 6.07 Å². The molecule has 130 valence electrons. The fourth-order valence-corrected chi connectivity index (χ4v) is 4.64. The van der Waals surface area contributed by atoms with Crippen LogP contribution in [0.4, 0.5) is 5.00 Å². The van der Waals surface area contributed by atoms with Crippen LogP contribution in [-0.2, 0) is 19.9 Å². The fourth-order valence-electron chi connectivity index (χ4n) is 3.41. The van der Waals surface area contributed by atoms with Gasteiger partial charge in [0.2, 0.25) is 5.43 Å². The number of benzene rings is 1. The Kier molecular flexibility index (Phi) is 4.05. The number of fused-ring (bicyclic) bond motifs is 2. The van der Waals surface area contributed by atoms with Gasteiger partial charge in [-0.15, -0.1) is 11.3 Å². The number of nitrogens with one attached hydrogen (secondary N) is 1. The number of carbonyl (C=O) groups is 1. The van der Waals surface area contributed by atoms with Crippen LogP contribution in [0.5, 0.6) is 0 Å². The molecule has 1 aliphatic carbocycles. The number of nitriles is 1.